The van der Waals surface area contributed by atoms with Gasteiger partial charge in [-0.05, 0) is 43.0 Å². The lowest BCUT2D eigenvalue weighted by Gasteiger charge is -2.44. The molecule has 7 nitrogen and oxygen atoms in total. The third-order valence-electron chi connectivity index (χ3n) is 7.44. The number of hydrogen-bond donors (Lipinski definition) is 2. The Hall–Kier alpha value is -3.84. The normalized spacial score (nSPS) is 19.0. The second-order valence-electron chi connectivity index (χ2n) is 9.66. The van der Waals surface area contributed by atoms with Crippen molar-refractivity contribution in [2.24, 2.45) is 0 Å². The van der Waals surface area contributed by atoms with Crippen LogP contribution in [0.5, 0.6) is 0 Å². The van der Waals surface area contributed by atoms with Gasteiger partial charge in [0.15, 0.2) is 0 Å². The Labute approximate surface area is 210 Å². The number of likely N-dealkylation sites (tertiary alicyclic amines) is 1. The standard InChI is InChI=1S/C29H32N4O3/c1-21(31(19-22-10-4-2-5-11-22)20-23-12-6-3-7-13-23)27-18-24(16-17-32(27)29(35)36)33-26-15-9-8-14-25(26)30-28(33)34/h2-15,21,24,27H,16-20H2,1H3,(H,30,34)(H,35,36). The van der Waals surface area contributed by atoms with Gasteiger partial charge in [-0.2, -0.15) is 0 Å². The lowest BCUT2D eigenvalue weighted by molar-refractivity contribution is 0.0374. The zero-order valence-electron chi connectivity index (χ0n) is 20.5. The summed E-state index contributed by atoms with van der Waals surface area (Å²) in [5.41, 5.74) is 3.90. The molecule has 0 spiro atoms. The third-order valence-corrected chi connectivity index (χ3v) is 7.44. The quantitative estimate of drug-likeness (QED) is 0.382. The van der Waals surface area contributed by atoms with Crippen LogP contribution in [0.15, 0.2) is 89.7 Å². The highest BCUT2D eigenvalue weighted by Crippen LogP contribution is 2.32. The van der Waals surface area contributed by atoms with Gasteiger partial charge >= 0.3 is 11.8 Å². The van der Waals surface area contributed by atoms with E-state index in [1.165, 1.54) is 11.1 Å². The van der Waals surface area contributed by atoms with Gasteiger partial charge in [-0.15, -0.1) is 0 Å². The number of para-hydroxylation sites is 2. The van der Waals surface area contributed by atoms with Crippen molar-refractivity contribution in [2.75, 3.05) is 6.54 Å². The summed E-state index contributed by atoms with van der Waals surface area (Å²) in [5, 5.41) is 10.1. The average molecular weight is 485 g/mol. The highest BCUT2D eigenvalue weighted by Gasteiger charge is 2.38. The SMILES string of the molecule is CC(C1CC(n2c(=O)[nH]c3ccccc32)CCN1C(=O)O)N(Cc1ccccc1)Cc1ccccc1. The number of imidazole rings is 1. The van der Waals surface area contributed by atoms with Crippen LogP contribution in [0.1, 0.15) is 36.9 Å². The molecule has 1 aliphatic rings. The number of amides is 1. The first-order chi connectivity index (χ1) is 17.5. The molecule has 3 atom stereocenters. The number of benzene rings is 3. The number of H-pyrrole nitrogens is 1. The number of piperidine rings is 1. The first-order valence-electron chi connectivity index (χ1n) is 12.5. The van der Waals surface area contributed by atoms with Gasteiger partial charge in [0.25, 0.3) is 0 Å². The fourth-order valence-electron chi connectivity index (χ4n) is 5.57. The molecule has 0 saturated carbocycles. The lowest BCUT2D eigenvalue weighted by Crippen LogP contribution is -2.55. The highest BCUT2D eigenvalue weighted by molar-refractivity contribution is 5.75. The van der Waals surface area contributed by atoms with Crippen LogP contribution in [0.25, 0.3) is 11.0 Å². The largest absolute Gasteiger partial charge is 0.465 e. The second kappa shape index (κ2) is 10.4. The number of hydrogen-bond acceptors (Lipinski definition) is 3. The summed E-state index contributed by atoms with van der Waals surface area (Å²) in [4.78, 5) is 32.1. The summed E-state index contributed by atoms with van der Waals surface area (Å²) >= 11 is 0. The highest BCUT2D eigenvalue weighted by atomic mass is 16.4. The van der Waals surface area contributed by atoms with Crippen molar-refractivity contribution in [1.29, 1.82) is 0 Å². The molecule has 1 fully saturated rings. The molecule has 7 heteroatoms. The van der Waals surface area contributed by atoms with Crippen LogP contribution < -0.4 is 5.69 Å². The Morgan fingerprint density at radius 1 is 0.972 bits per heavy atom. The van der Waals surface area contributed by atoms with Crippen LogP contribution in [0.2, 0.25) is 0 Å². The summed E-state index contributed by atoms with van der Waals surface area (Å²) in [6, 6.07) is 27.9. The van der Waals surface area contributed by atoms with Crippen LogP contribution in [0.4, 0.5) is 4.79 Å². The predicted molar refractivity (Wildman–Crippen MR) is 141 cm³/mol. The molecule has 0 bridgehead atoms. The maximum Gasteiger partial charge on any atom is 0.407 e. The van der Waals surface area contributed by atoms with Gasteiger partial charge in [0, 0.05) is 31.7 Å². The van der Waals surface area contributed by atoms with Crippen LogP contribution >= 0.6 is 0 Å². The predicted octanol–water partition coefficient (Wildman–Crippen LogP) is 5.10. The van der Waals surface area contributed by atoms with Crippen molar-refractivity contribution in [3.63, 3.8) is 0 Å². The molecule has 1 aliphatic heterocycles. The van der Waals surface area contributed by atoms with E-state index < -0.39 is 6.09 Å². The fraction of sp³-hybridized carbons (Fsp3) is 0.310. The number of carbonyl (C=O) groups is 1. The number of fused-ring (bicyclic) bond motifs is 1. The Morgan fingerprint density at radius 3 is 2.17 bits per heavy atom. The van der Waals surface area contributed by atoms with E-state index in [1.807, 2.05) is 65.2 Å². The number of rotatable bonds is 7. The molecule has 186 valence electrons. The molecular weight excluding hydrogens is 452 g/mol. The molecule has 3 unspecified atom stereocenters. The first kappa shape index (κ1) is 23.9. The van der Waals surface area contributed by atoms with Crippen LogP contribution in [-0.2, 0) is 13.1 Å². The molecule has 36 heavy (non-hydrogen) atoms. The van der Waals surface area contributed by atoms with E-state index >= 15 is 0 Å². The van der Waals surface area contributed by atoms with Crippen molar-refractivity contribution in [3.8, 4) is 0 Å². The Bertz CT molecular complexity index is 1320. The maximum atomic E-state index is 12.9. The van der Waals surface area contributed by atoms with Crippen molar-refractivity contribution < 1.29 is 9.90 Å². The van der Waals surface area contributed by atoms with E-state index in [0.29, 0.717) is 32.5 Å². The third kappa shape index (κ3) is 4.93. The van der Waals surface area contributed by atoms with E-state index in [0.717, 1.165) is 11.0 Å². The van der Waals surface area contributed by atoms with E-state index in [-0.39, 0.29) is 23.8 Å². The van der Waals surface area contributed by atoms with Gasteiger partial charge in [0.05, 0.1) is 17.1 Å². The molecule has 4 aromatic rings. The van der Waals surface area contributed by atoms with Crippen molar-refractivity contribution in [1.82, 2.24) is 19.4 Å². The van der Waals surface area contributed by atoms with Gasteiger partial charge < -0.3 is 15.0 Å². The molecule has 2 N–H and O–H groups in total. The van der Waals surface area contributed by atoms with Crippen LogP contribution in [0, 0.1) is 0 Å². The lowest BCUT2D eigenvalue weighted by atomic mass is 9.91. The molecule has 1 aromatic heterocycles. The zero-order valence-corrected chi connectivity index (χ0v) is 20.5. The zero-order chi connectivity index (χ0) is 25.1. The Morgan fingerprint density at radius 2 is 1.56 bits per heavy atom. The minimum Gasteiger partial charge on any atom is -0.465 e. The molecule has 2 heterocycles. The molecule has 0 radical (unpaired) electrons. The summed E-state index contributed by atoms with van der Waals surface area (Å²) in [5.74, 6) is 0. The van der Waals surface area contributed by atoms with Gasteiger partial charge in [-0.3, -0.25) is 9.47 Å². The topological polar surface area (TPSA) is 81.6 Å². The first-order valence-corrected chi connectivity index (χ1v) is 12.5. The number of carboxylic acid groups (broad SMARTS) is 1. The van der Waals surface area contributed by atoms with E-state index in [1.54, 1.807) is 4.90 Å². The van der Waals surface area contributed by atoms with Gasteiger partial charge in [-0.25, -0.2) is 9.59 Å². The number of nitrogens with one attached hydrogen (secondary N) is 1. The van der Waals surface area contributed by atoms with E-state index in [2.05, 4.69) is 41.1 Å². The van der Waals surface area contributed by atoms with Crippen LogP contribution in [0.3, 0.4) is 0 Å². The Balaban J connectivity index is 1.47. The van der Waals surface area contributed by atoms with Crippen molar-refractivity contribution in [2.45, 2.75) is 51.0 Å². The van der Waals surface area contributed by atoms with E-state index in [4.69, 9.17) is 0 Å². The number of nitrogens with zero attached hydrogens (tertiary/aromatic N) is 3. The number of aromatic nitrogens is 2. The molecule has 0 aliphatic carbocycles. The summed E-state index contributed by atoms with van der Waals surface area (Å²) in [7, 11) is 0. The number of aromatic amines is 1. The fourth-order valence-corrected chi connectivity index (χ4v) is 5.57. The Kier molecular flexibility index (Phi) is 6.91. The molecule has 3 aromatic carbocycles. The smallest absolute Gasteiger partial charge is 0.407 e. The maximum absolute atomic E-state index is 12.9. The molecule has 1 saturated heterocycles. The molecule has 5 rings (SSSR count). The minimum absolute atomic E-state index is 0.0646. The minimum atomic E-state index is -0.907. The second-order valence-corrected chi connectivity index (χ2v) is 9.66. The molecular formula is C29H32N4O3. The van der Waals surface area contributed by atoms with Crippen molar-refractivity contribution >= 4 is 17.1 Å². The van der Waals surface area contributed by atoms with Gasteiger partial charge in [-0.1, -0.05) is 72.8 Å². The summed E-state index contributed by atoms with van der Waals surface area (Å²) < 4.78 is 1.83. The molecule has 1 amide bonds. The van der Waals surface area contributed by atoms with E-state index in [9.17, 15) is 14.7 Å². The monoisotopic (exact) mass is 484 g/mol. The summed E-state index contributed by atoms with van der Waals surface area (Å²) in [6.07, 6.45) is 0.278. The average Bonchev–Trinajstić information content (AvgIpc) is 3.24. The van der Waals surface area contributed by atoms with Crippen molar-refractivity contribution in [3.05, 3.63) is 107 Å². The van der Waals surface area contributed by atoms with Crippen LogP contribution in [-0.4, -0.2) is 49.2 Å². The summed E-state index contributed by atoms with van der Waals surface area (Å²) in [6.45, 7) is 3.93. The van der Waals surface area contributed by atoms with Gasteiger partial charge in [0.1, 0.15) is 0 Å². The van der Waals surface area contributed by atoms with Gasteiger partial charge in [0.2, 0.25) is 0 Å².